The normalized spacial score (nSPS) is 19.3. The van der Waals surface area contributed by atoms with Crippen LogP contribution in [0.25, 0.3) is 0 Å². The molecule has 0 atom stereocenters. The van der Waals surface area contributed by atoms with Crippen LogP contribution in [0.3, 0.4) is 0 Å². The molecule has 1 aliphatic carbocycles. The molecular weight excluding hydrogens is 212 g/mol. The van der Waals surface area contributed by atoms with Crippen LogP contribution < -0.4 is 11.1 Å². The quantitative estimate of drug-likeness (QED) is 0.817. The molecule has 1 aromatic rings. The van der Waals surface area contributed by atoms with E-state index in [9.17, 15) is 0 Å². The third-order valence-corrected chi connectivity index (χ3v) is 4.37. The van der Waals surface area contributed by atoms with Gasteiger partial charge in [-0.1, -0.05) is 23.0 Å². The molecule has 15 heavy (non-hydrogen) atoms. The number of nitrogen functional groups attached to an aromatic ring is 1. The zero-order chi connectivity index (χ0) is 10.7. The minimum Gasteiger partial charge on any atom is -0.390 e. The maximum atomic E-state index is 5.34. The smallest absolute Gasteiger partial charge is 0.316 e. The van der Waals surface area contributed by atoms with Crippen LogP contribution in [0.5, 0.6) is 0 Å². The SMILES string of the molecule is CSC1(CNc2nnc(N)o2)CCCC1. The summed E-state index contributed by atoms with van der Waals surface area (Å²) in [5.41, 5.74) is 5.34. The highest BCUT2D eigenvalue weighted by Gasteiger charge is 2.33. The van der Waals surface area contributed by atoms with Gasteiger partial charge in [0.2, 0.25) is 0 Å². The maximum absolute atomic E-state index is 5.34. The number of thioether (sulfide) groups is 1. The fourth-order valence-corrected chi connectivity index (χ4v) is 2.93. The summed E-state index contributed by atoms with van der Waals surface area (Å²) in [5.74, 6) is 0. The van der Waals surface area contributed by atoms with E-state index in [0.717, 1.165) is 6.54 Å². The molecule has 6 heteroatoms. The molecule has 3 N–H and O–H groups in total. The summed E-state index contributed by atoms with van der Waals surface area (Å²) in [6.45, 7) is 0.871. The number of nitrogens with one attached hydrogen (secondary N) is 1. The maximum Gasteiger partial charge on any atom is 0.316 e. The number of nitrogens with zero attached hydrogens (tertiary/aromatic N) is 2. The molecule has 0 unspecified atom stereocenters. The number of hydrogen-bond acceptors (Lipinski definition) is 6. The van der Waals surface area contributed by atoms with Gasteiger partial charge in [-0.3, -0.25) is 0 Å². The molecule has 0 radical (unpaired) electrons. The van der Waals surface area contributed by atoms with Crippen molar-refractivity contribution in [2.75, 3.05) is 23.9 Å². The van der Waals surface area contributed by atoms with Gasteiger partial charge in [-0.15, -0.1) is 0 Å². The van der Waals surface area contributed by atoms with Crippen molar-refractivity contribution in [1.29, 1.82) is 0 Å². The molecule has 5 nitrogen and oxygen atoms in total. The number of nitrogens with two attached hydrogens (primary N) is 1. The van der Waals surface area contributed by atoms with Crippen molar-refractivity contribution in [3.63, 3.8) is 0 Å². The Morgan fingerprint density at radius 2 is 2.20 bits per heavy atom. The van der Waals surface area contributed by atoms with Gasteiger partial charge in [0.25, 0.3) is 0 Å². The summed E-state index contributed by atoms with van der Waals surface area (Å²) >= 11 is 1.92. The number of anilines is 2. The molecule has 0 spiro atoms. The van der Waals surface area contributed by atoms with Gasteiger partial charge in [0, 0.05) is 11.3 Å². The molecule has 1 aromatic heterocycles. The Morgan fingerprint density at radius 1 is 1.47 bits per heavy atom. The zero-order valence-electron chi connectivity index (χ0n) is 8.82. The van der Waals surface area contributed by atoms with Gasteiger partial charge in [-0.05, 0) is 19.1 Å². The molecule has 1 aliphatic rings. The molecule has 0 aliphatic heterocycles. The predicted octanol–water partition coefficient (Wildman–Crippen LogP) is 1.74. The number of hydrogen-bond donors (Lipinski definition) is 2. The highest BCUT2D eigenvalue weighted by atomic mass is 32.2. The molecular formula is C9H16N4OS. The molecule has 0 amide bonds. The van der Waals surface area contributed by atoms with E-state index >= 15 is 0 Å². The van der Waals surface area contributed by atoms with Gasteiger partial charge in [0.05, 0.1) is 0 Å². The van der Waals surface area contributed by atoms with Gasteiger partial charge in [-0.25, -0.2) is 0 Å². The van der Waals surface area contributed by atoms with Crippen LogP contribution in [0.15, 0.2) is 4.42 Å². The van der Waals surface area contributed by atoms with Crippen LogP contribution in [-0.2, 0) is 0 Å². The first-order chi connectivity index (χ1) is 7.24. The molecule has 2 rings (SSSR count). The van der Waals surface area contributed by atoms with Crippen LogP contribution in [0, 0.1) is 0 Å². The third kappa shape index (κ3) is 2.37. The molecule has 1 heterocycles. The van der Waals surface area contributed by atoms with E-state index in [0.29, 0.717) is 10.8 Å². The van der Waals surface area contributed by atoms with Crippen molar-refractivity contribution in [1.82, 2.24) is 10.2 Å². The topological polar surface area (TPSA) is 77.0 Å². The van der Waals surface area contributed by atoms with Gasteiger partial charge in [0.15, 0.2) is 0 Å². The fourth-order valence-electron chi connectivity index (χ4n) is 2.02. The summed E-state index contributed by atoms with van der Waals surface area (Å²) < 4.78 is 5.40. The molecule has 1 fully saturated rings. The molecule has 1 saturated carbocycles. The second kappa shape index (κ2) is 4.30. The van der Waals surface area contributed by atoms with Gasteiger partial charge < -0.3 is 15.5 Å². The lowest BCUT2D eigenvalue weighted by Gasteiger charge is -2.26. The van der Waals surface area contributed by atoms with Crippen LogP contribution >= 0.6 is 11.8 Å². The Kier molecular flexibility index (Phi) is 3.04. The largest absolute Gasteiger partial charge is 0.390 e. The molecule has 0 aromatic carbocycles. The van der Waals surface area contributed by atoms with Crippen molar-refractivity contribution >= 4 is 23.8 Å². The Morgan fingerprint density at radius 3 is 2.73 bits per heavy atom. The summed E-state index contributed by atoms with van der Waals surface area (Å²) in [6, 6.07) is 0.537. The lowest BCUT2D eigenvalue weighted by atomic mass is 10.1. The molecule has 84 valence electrons. The minimum absolute atomic E-state index is 0.113. The van der Waals surface area contributed by atoms with Crippen molar-refractivity contribution in [3.8, 4) is 0 Å². The van der Waals surface area contributed by atoms with Crippen LogP contribution in [0.4, 0.5) is 12.0 Å². The second-order valence-corrected chi connectivity index (χ2v) is 5.17. The summed E-state index contributed by atoms with van der Waals surface area (Å²) in [7, 11) is 0. The first kappa shape index (κ1) is 10.6. The first-order valence-electron chi connectivity index (χ1n) is 5.12. The third-order valence-electron chi connectivity index (χ3n) is 2.95. The second-order valence-electron chi connectivity index (χ2n) is 3.89. The Labute approximate surface area is 93.2 Å². The highest BCUT2D eigenvalue weighted by molar-refractivity contribution is 8.00. The van der Waals surface area contributed by atoms with E-state index in [2.05, 4.69) is 21.8 Å². The standard InChI is InChI=1S/C9H16N4OS/c1-15-9(4-2-3-5-9)6-11-8-13-12-7(10)14-8/h2-6H2,1H3,(H2,10,12)(H,11,13). The van der Waals surface area contributed by atoms with Crippen molar-refractivity contribution in [3.05, 3.63) is 0 Å². The molecule has 0 bridgehead atoms. The van der Waals surface area contributed by atoms with Gasteiger partial charge in [0.1, 0.15) is 0 Å². The monoisotopic (exact) mass is 228 g/mol. The summed E-state index contributed by atoms with van der Waals surface area (Å²) in [6.07, 6.45) is 7.30. The van der Waals surface area contributed by atoms with E-state index in [-0.39, 0.29) is 6.01 Å². The van der Waals surface area contributed by atoms with Gasteiger partial charge >= 0.3 is 12.0 Å². The van der Waals surface area contributed by atoms with E-state index in [1.165, 1.54) is 25.7 Å². The average Bonchev–Trinajstić information content (AvgIpc) is 2.85. The predicted molar refractivity (Wildman–Crippen MR) is 61.9 cm³/mol. The Bertz CT molecular complexity index is 322. The van der Waals surface area contributed by atoms with E-state index in [1.807, 2.05) is 11.8 Å². The van der Waals surface area contributed by atoms with E-state index in [1.54, 1.807) is 0 Å². The zero-order valence-corrected chi connectivity index (χ0v) is 9.64. The lowest BCUT2D eigenvalue weighted by molar-refractivity contribution is 0.568. The Balaban J connectivity index is 1.91. The van der Waals surface area contributed by atoms with Crippen LogP contribution in [0.1, 0.15) is 25.7 Å². The average molecular weight is 228 g/mol. The van der Waals surface area contributed by atoms with Gasteiger partial charge in [-0.2, -0.15) is 11.8 Å². The van der Waals surface area contributed by atoms with Crippen molar-refractivity contribution in [2.45, 2.75) is 30.4 Å². The van der Waals surface area contributed by atoms with E-state index in [4.69, 9.17) is 10.2 Å². The molecule has 0 saturated heterocycles. The van der Waals surface area contributed by atoms with Crippen molar-refractivity contribution < 1.29 is 4.42 Å². The minimum atomic E-state index is 0.113. The van der Waals surface area contributed by atoms with Crippen LogP contribution in [0.2, 0.25) is 0 Å². The highest BCUT2D eigenvalue weighted by Crippen LogP contribution is 2.40. The fraction of sp³-hybridized carbons (Fsp3) is 0.778. The number of aromatic nitrogens is 2. The van der Waals surface area contributed by atoms with Crippen LogP contribution in [-0.4, -0.2) is 27.7 Å². The van der Waals surface area contributed by atoms with E-state index < -0.39 is 0 Å². The summed E-state index contributed by atoms with van der Waals surface area (Å²) in [4.78, 5) is 0. The number of rotatable bonds is 4. The Hall–Kier alpha value is -0.910. The lowest BCUT2D eigenvalue weighted by Crippen LogP contribution is -2.30. The summed E-state index contributed by atoms with van der Waals surface area (Å²) in [5, 5.41) is 10.5. The van der Waals surface area contributed by atoms with Crippen molar-refractivity contribution in [2.24, 2.45) is 0 Å². The first-order valence-corrected chi connectivity index (χ1v) is 6.35.